The Morgan fingerprint density at radius 3 is 2.63 bits per heavy atom. The normalized spacial score (nSPS) is 13.8. The summed E-state index contributed by atoms with van der Waals surface area (Å²) >= 11 is 0. The van der Waals surface area contributed by atoms with Gasteiger partial charge in [0, 0.05) is 11.9 Å². The predicted molar refractivity (Wildman–Crippen MR) is 66.2 cm³/mol. The van der Waals surface area contributed by atoms with Crippen molar-refractivity contribution in [3.8, 4) is 0 Å². The van der Waals surface area contributed by atoms with Crippen LogP contribution in [0.5, 0.6) is 0 Å². The van der Waals surface area contributed by atoms with Crippen molar-refractivity contribution in [2.24, 2.45) is 0 Å². The number of carbonyl (C=O) groups excluding carboxylic acids is 2. The first kappa shape index (κ1) is 11.3. The zero-order chi connectivity index (χ0) is 13.6. The molecule has 3 rings (SSSR count). The fraction of sp³-hybridized carbons (Fsp3) is 0. The number of carbonyl (C=O) groups is 2. The Balaban J connectivity index is 2.14. The van der Waals surface area contributed by atoms with E-state index in [1.807, 2.05) is 0 Å². The van der Waals surface area contributed by atoms with E-state index < -0.39 is 17.6 Å². The highest BCUT2D eigenvalue weighted by molar-refractivity contribution is 6.33. The molecule has 0 spiro atoms. The SMILES string of the molecule is Nc1cc(F)cc(N2C(=O)c3cccnc3C2=O)c1. The van der Waals surface area contributed by atoms with Crippen LogP contribution >= 0.6 is 0 Å². The second-order valence-corrected chi connectivity index (χ2v) is 4.09. The maximum Gasteiger partial charge on any atom is 0.284 e. The fourth-order valence-electron chi connectivity index (χ4n) is 2.03. The molecule has 5 nitrogen and oxygen atoms in total. The van der Waals surface area contributed by atoms with E-state index in [9.17, 15) is 14.0 Å². The summed E-state index contributed by atoms with van der Waals surface area (Å²) < 4.78 is 13.3. The van der Waals surface area contributed by atoms with Crippen LogP contribution in [0.3, 0.4) is 0 Å². The van der Waals surface area contributed by atoms with Gasteiger partial charge in [-0.3, -0.25) is 14.6 Å². The lowest BCUT2D eigenvalue weighted by molar-refractivity contribution is 0.0925. The summed E-state index contributed by atoms with van der Waals surface area (Å²) in [7, 11) is 0. The van der Waals surface area contributed by atoms with Crippen molar-refractivity contribution in [2.75, 3.05) is 10.6 Å². The summed E-state index contributed by atoms with van der Waals surface area (Å²) in [5, 5.41) is 0. The van der Waals surface area contributed by atoms with Gasteiger partial charge in [-0.15, -0.1) is 0 Å². The predicted octanol–water partition coefficient (Wildman–Crippen LogP) is 1.60. The summed E-state index contributed by atoms with van der Waals surface area (Å²) in [5.74, 6) is -1.72. The quantitative estimate of drug-likeness (QED) is 0.622. The number of nitrogens with zero attached hydrogens (tertiary/aromatic N) is 2. The van der Waals surface area contributed by atoms with Gasteiger partial charge in [0.05, 0.1) is 11.3 Å². The number of benzene rings is 1. The summed E-state index contributed by atoms with van der Waals surface area (Å²) in [6, 6.07) is 6.63. The number of anilines is 2. The number of amides is 2. The van der Waals surface area contributed by atoms with Crippen LogP contribution in [-0.2, 0) is 0 Å². The minimum absolute atomic E-state index is 0.0651. The van der Waals surface area contributed by atoms with Crippen LogP contribution in [0.2, 0.25) is 0 Å². The standard InChI is InChI=1S/C13H8FN3O2/c14-7-4-8(15)6-9(5-7)17-12(18)10-2-1-3-16-11(10)13(17)19/h1-6H,15H2. The Morgan fingerprint density at radius 2 is 1.95 bits per heavy atom. The number of hydrogen-bond donors (Lipinski definition) is 1. The third-order valence-corrected chi connectivity index (χ3v) is 2.81. The van der Waals surface area contributed by atoms with Gasteiger partial charge >= 0.3 is 0 Å². The molecule has 1 aromatic heterocycles. The average Bonchev–Trinajstić information content (AvgIpc) is 2.61. The van der Waals surface area contributed by atoms with E-state index in [-0.39, 0.29) is 22.6 Å². The number of hydrogen-bond acceptors (Lipinski definition) is 4. The zero-order valence-electron chi connectivity index (χ0n) is 9.63. The molecule has 0 aliphatic carbocycles. The number of nitrogen functional groups attached to an aromatic ring is 1. The highest BCUT2D eigenvalue weighted by Crippen LogP contribution is 2.28. The van der Waals surface area contributed by atoms with Gasteiger partial charge in [-0.1, -0.05) is 0 Å². The van der Waals surface area contributed by atoms with Gasteiger partial charge in [-0.2, -0.15) is 0 Å². The van der Waals surface area contributed by atoms with E-state index in [0.29, 0.717) is 0 Å². The van der Waals surface area contributed by atoms with Crippen molar-refractivity contribution in [1.82, 2.24) is 4.98 Å². The van der Waals surface area contributed by atoms with E-state index in [4.69, 9.17) is 5.73 Å². The van der Waals surface area contributed by atoms with Gasteiger partial charge in [-0.25, -0.2) is 9.29 Å². The Morgan fingerprint density at radius 1 is 1.16 bits per heavy atom. The average molecular weight is 257 g/mol. The maximum absolute atomic E-state index is 13.3. The third-order valence-electron chi connectivity index (χ3n) is 2.81. The van der Waals surface area contributed by atoms with Gasteiger partial charge in [0.25, 0.3) is 11.8 Å². The number of imide groups is 1. The molecule has 0 bridgehead atoms. The molecule has 2 heterocycles. The van der Waals surface area contributed by atoms with E-state index >= 15 is 0 Å². The Hall–Kier alpha value is -2.76. The Kier molecular flexibility index (Phi) is 2.31. The largest absolute Gasteiger partial charge is 0.399 e. The minimum Gasteiger partial charge on any atom is -0.399 e. The lowest BCUT2D eigenvalue weighted by Crippen LogP contribution is -2.29. The second kappa shape index (κ2) is 3.88. The van der Waals surface area contributed by atoms with E-state index in [1.54, 1.807) is 6.07 Å². The first-order valence-electron chi connectivity index (χ1n) is 5.48. The van der Waals surface area contributed by atoms with Crippen molar-refractivity contribution < 1.29 is 14.0 Å². The molecule has 0 atom stereocenters. The number of rotatable bonds is 1. The molecule has 0 radical (unpaired) electrons. The summed E-state index contributed by atoms with van der Waals surface area (Å²) in [5.41, 5.74) is 6.03. The molecule has 0 saturated heterocycles. The van der Waals surface area contributed by atoms with Gasteiger partial charge in [0.2, 0.25) is 0 Å². The molecule has 2 N–H and O–H groups in total. The molecule has 6 heteroatoms. The van der Waals surface area contributed by atoms with E-state index in [1.165, 1.54) is 18.3 Å². The van der Waals surface area contributed by atoms with Crippen LogP contribution < -0.4 is 10.6 Å². The monoisotopic (exact) mass is 257 g/mol. The first-order valence-corrected chi connectivity index (χ1v) is 5.48. The first-order chi connectivity index (χ1) is 9.08. The van der Waals surface area contributed by atoms with Crippen molar-refractivity contribution in [3.05, 3.63) is 53.6 Å². The number of aromatic nitrogens is 1. The number of pyridine rings is 1. The van der Waals surface area contributed by atoms with Crippen molar-refractivity contribution >= 4 is 23.2 Å². The summed E-state index contributed by atoms with van der Waals surface area (Å²) in [4.78, 5) is 29.0. The van der Waals surface area contributed by atoms with Crippen LogP contribution in [0, 0.1) is 5.82 Å². The Bertz CT molecular complexity index is 660. The van der Waals surface area contributed by atoms with E-state index in [0.717, 1.165) is 17.0 Å². The molecular weight excluding hydrogens is 249 g/mol. The van der Waals surface area contributed by atoms with Crippen LogP contribution in [-0.4, -0.2) is 16.8 Å². The number of fused-ring (bicyclic) bond motifs is 1. The van der Waals surface area contributed by atoms with E-state index in [2.05, 4.69) is 4.98 Å². The molecule has 1 aliphatic rings. The second-order valence-electron chi connectivity index (χ2n) is 4.09. The molecular formula is C13H8FN3O2. The molecule has 1 aliphatic heterocycles. The topological polar surface area (TPSA) is 76.3 Å². The van der Waals surface area contributed by atoms with Crippen LogP contribution in [0.15, 0.2) is 36.5 Å². The molecule has 2 amide bonds. The molecule has 94 valence electrons. The lowest BCUT2D eigenvalue weighted by Gasteiger charge is -2.14. The maximum atomic E-state index is 13.3. The van der Waals surface area contributed by atoms with Gasteiger partial charge < -0.3 is 5.73 Å². The number of halogens is 1. The molecule has 2 aromatic rings. The van der Waals surface area contributed by atoms with Gasteiger partial charge in [0.15, 0.2) is 0 Å². The smallest absolute Gasteiger partial charge is 0.284 e. The van der Waals surface area contributed by atoms with Gasteiger partial charge in [-0.05, 0) is 30.3 Å². The van der Waals surface area contributed by atoms with Crippen LogP contribution in [0.4, 0.5) is 15.8 Å². The highest BCUT2D eigenvalue weighted by atomic mass is 19.1. The zero-order valence-corrected chi connectivity index (χ0v) is 9.63. The minimum atomic E-state index is -0.612. The molecule has 0 fully saturated rings. The van der Waals surface area contributed by atoms with Gasteiger partial charge in [0.1, 0.15) is 11.5 Å². The summed E-state index contributed by atoms with van der Waals surface area (Å²) in [6.45, 7) is 0. The van der Waals surface area contributed by atoms with Crippen molar-refractivity contribution in [2.45, 2.75) is 0 Å². The van der Waals surface area contributed by atoms with Crippen molar-refractivity contribution in [1.29, 1.82) is 0 Å². The molecule has 0 unspecified atom stereocenters. The fourth-order valence-corrected chi connectivity index (χ4v) is 2.03. The molecule has 1 aromatic carbocycles. The third kappa shape index (κ3) is 1.65. The van der Waals surface area contributed by atoms with Crippen LogP contribution in [0.25, 0.3) is 0 Å². The van der Waals surface area contributed by atoms with Crippen LogP contribution in [0.1, 0.15) is 20.8 Å². The highest BCUT2D eigenvalue weighted by Gasteiger charge is 2.37. The lowest BCUT2D eigenvalue weighted by atomic mass is 10.2. The Labute approximate surface area is 107 Å². The van der Waals surface area contributed by atoms with Crippen molar-refractivity contribution in [3.63, 3.8) is 0 Å². The summed E-state index contributed by atoms with van der Waals surface area (Å²) in [6.07, 6.45) is 1.42. The molecule has 19 heavy (non-hydrogen) atoms. The number of nitrogens with two attached hydrogens (primary N) is 1. The molecule has 0 saturated carbocycles.